The molecule has 5 heteroatoms. The molecule has 0 radical (unpaired) electrons. The molecule has 2 aromatic rings. The van der Waals surface area contributed by atoms with Gasteiger partial charge in [0, 0.05) is 16.7 Å². The fraction of sp³-hybridized carbons (Fsp3) is 0.167. The monoisotopic (exact) mass is 245 g/mol. The molecule has 3 rings (SSSR count). The quantitative estimate of drug-likeness (QED) is 0.811. The third kappa shape index (κ3) is 1.82. The number of aromatic amines is 1. The summed E-state index contributed by atoms with van der Waals surface area (Å²) in [4.78, 5) is 12.7. The first-order chi connectivity index (χ1) is 8.24. The van der Waals surface area contributed by atoms with Crippen LogP contribution in [0, 0.1) is 0 Å². The SMILES string of the molecule is CC1Sc2ccc(-c3ccn[nH]3)cc2NC1=O. The number of amides is 1. The average molecular weight is 245 g/mol. The molecule has 1 unspecified atom stereocenters. The maximum absolute atomic E-state index is 11.6. The number of carbonyl (C=O) groups is 1. The van der Waals surface area contributed by atoms with Crippen molar-refractivity contribution in [2.75, 3.05) is 5.32 Å². The molecule has 1 aliphatic rings. The van der Waals surface area contributed by atoms with Gasteiger partial charge in [0.1, 0.15) is 0 Å². The van der Waals surface area contributed by atoms with Crippen LogP contribution in [-0.4, -0.2) is 21.4 Å². The van der Waals surface area contributed by atoms with Gasteiger partial charge in [0.25, 0.3) is 0 Å². The zero-order chi connectivity index (χ0) is 11.8. The third-order valence-corrected chi connectivity index (χ3v) is 3.90. The van der Waals surface area contributed by atoms with E-state index in [9.17, 15) is 4.79 Å². The van der Waals surface area contributed by atoms with Crippen LogP contribution < -0.4 is 5.32 Å². The molecule has 1 aliphatic heterocycles. The molecule has 1 aromatic heterocycles. The van der Waals surface area contributed by atoms with Crippen LogP contribution in [0.3, 0.4) is 0 Å². The Bertz CT molecular complexity index is 565. The highest BCUT2D eigenvalue weighted by atomic mass is 32.2. The van der Waals surface area contributed by atoms with E-state index in [2.05, 4.69) is 15.5 Å². The normalized spacial score (nSPS) is 18.6. The Morgan fingerprint density at radius 2 is 2.24 bits per heavy atom. The van der Waals surface area contributed by atoms with Gasteiger partial charge in [-0.1, -0.05) is 6.07 Å². The Morgan fingerprint density at radius 3 is 3.00 bits per heavy atom. The van der Waals surface area contributed by atoms with E-state index in [1.165, 1.54) is 0 Å². The van der Waals surface area contributed by atoms with Gasteiger partial charge in [-0.2, -0.15) is 5.10 Å². The van der Waals surface area contributed by atoms with Crippen molar-refractivity contribution in [2.45, 2.75) is 17.1 Å². The smallest absolute Gasteiger partial charge is 0.237 e. The maximum Gasteiger partial charge on any atom is 0.237 e. The van der Waals surface area contributed by atoms with E-state index < -0.39 is 0 Å². The number of nitrogens with zero attached hydrogens (tertiary/aromatic N) is 1. The van der Waals surface area contributed by atoms with E-state index in [4.69, 9.17) is 0 Å². The average Bonchev–Trinajstić information content (AvgIpc) is 2.83. The summed E-state index contributed by atoms with van der Waals surface area (Å²) in [6.45, 7) is 1.91. The lowest BCUT2D eigenvalue weighted by atomic mass is 10.1. The summed E-state index contributed by atoms with van der Waals surface area (Å²) >= 11 is 1.59. The third-order valence-electron chi connectivity index (χ3n) is 2.72. The van der Waals surface area contributed by atoms with E-state index in [0.29, 0.717) is 0 Å². The van der Waals surface area contributed by atoms with Crippen molar-refractivity contribution in [1.29, 1.82) is 0 Å². The lowest BCUT2D eigenvalue weighted by molar-refractivity contribution is -0.115. The van der Waals surface area contributed by atoms with Crippen molar-refractivity contribution in [1.82, 2.24) is 10.2 Å². The molecular weight excluding hydrogens is 234 g/mol. The Labute approximate surface area is 103 Å². The van der Waals surface area contributed by atoms with Gasteiger partial charge >= 0.3 is 0 Å². The number of carbonyl (C=O) groups excluding carboxylic acids is 1. The predicted molar refractivity (Wildman–Crippen MR) is 68.0 cm³/mol. The second-order valence-corrected chi connectivity index (χ2v) is 5.31. The molecule has 86 valence electrons. The van der Waals surface area contributed by atoms with Crippen LogP contribution in [0.2, 0.25) is 0 Å². The standard InChI is InChI=1S/C12H11N3OS/c1-7-12(16)14-10-6-8(2-3-11(10)17-7)9-4-5-13-15-9/h2-7H,1H3,(H,13,15)(H,14,16). The summed E-state index contributed by atoms with van der Waals surface area (Å²) in [5.41, 5.74) is 2.85. The van der Waals surface area contributed by atoms with Crippen LogP contribution in [0.4, 0.5) is 5.69 Å². The van der Waals surface area contributed by atoms with Crippen LogP contribution in [0.15, 0.2) is 35.4 Å². The number of fused-ring (bicyclic) bond motifs is 1. The van der Waals surface area contributed by atoms with Crippen molar-refractivity contribution in [3.05, 3.63) is 30.5 Å². The predicted octanol–water partition coefficient (Wildman–Crippen LogP) is 2.51. The van der Waals surface area contributed by atoms with Crippen molar-refractivity contribution in [3.63, 3.8) is 0 Å². The number of rotatable bonds is 1. The fourth-order valence-corrected chi connectivity index (χ4v) is 2.72. The summed E-state index contributed by atoms with van der Waals surface area (Å²) in [7, 11) is 0. The molecule has 0 aliphatic carbocycles. The molecule has 2 N–H and O–H groups in total. The molecular formula is C12H11N3OS. The van der Waals surface area contributed by atoms with Gasteiger partial charge in [-0.15, -0.1) is 11.8 Å². The highest BCUT2D eigenvalue weighted by Crippen LogP contribution is 2.37. The molecule has 1 atom stereocenters. The van der Waals surface area contributed by atoms with Crippen LogP contribution in [-0.2, 0) is 4.79 Å². The van der Waals surface area contributed by atoms with E-state index in [-0.39, 0.29) is 11.2 Å². The molecule has 0 saturated heterocycles. The number of benzene rings is 1. The highest BCUT2D eigenvalue weighted by molar-refractivity contribution is 8.00. The van der Waals surface area contributed by atoms with Crippen LogP contribution in [0.1, 0.15) is 6.92 Å². The zero-order valence-electron chi connectivity index (χ0n) is 9.23. The van der Waals surface area contributed by atoms with Gasteiger partial charge in [0.2, 0.25) is 5.91 Å². The van der Waals surface area contributed by atoms with Crippen LogP contribution >= 0.6 is 11.8 Å². The van der Waals surface area contributed by atoms with Crippen molar-refractivity contribution in [2.24, 2.45) is 0 Å². The minimum Gasteiger partial charge on any atom is -0.324 e. The van der Waals surface area contributed by atoms with Crippen molar-refractivity contribution in [3.8, 4) is 11.3 Å². The van der Waals surface area contributed by atoms with Gasteiger partial charge in [0.15, 0.2) is 0 Å². The summed E-state index contributed by atoms with van der Waals surface area (Å²) in [5.74, 6) is 0.0595. The Balaban J connectivity index is 2.02. The topological polar surface area (TPSA) is 57.8 Å². The number of H-pyrrole nitrogens is 1. The molecule has 0 bridgehead atoms. The number of nitrogens with one attached hydrogen (secondary N) is 2. The molecule has 0 fully saturated rings. The highest BCUT2D eigenvalue weighted by Gasteiger charge is 2.23. The van der Waals surface area contributed by atoms with Crippen molar-refractivity contribution < 1.29 is 4.79 Å². The number of hydrogen-bond donors (Lipinski definition) is 2. The summed E-state index contributed by atoms with van der Waals surface area (Å²) in [6, 6.07) is 7.94. The van der Waals surface area contributed by atoms with Gasteiger partial charge < -0.3 is 5.32 Å². The zero-order valence-corrected chi connectivity index (χ0v) is 10.0. The number of anilines is 1. The summed E-state index contributed by atoms with van der Waals surface area (Å²) in [6.07, 6.45) is 1.71. The second-order valence-electron chi connectivity index (χ2n) is 3.93. The number of thioether (sulfide) groups is 1. The Kier molecular flexibility index (Phi) is 2.40. The number of aromatic nitrogens is 2. The van der Waals surface area contributed by atoms with Crippen molar-refractivity contribution >= 4 is 23.4 Å². The van der Waals surface area contributed by atoms with E-state index >= 15 is 0 Å². The van der Waals surface area contributed by atoms with Crippen LogP contribution in [0.25, 0.3) is 11.3 Å². The lowest BCUT2D eigenvalue weighted by Gasteiger charge is -2.21. The molecule has 2 heterocycles. The minimum atomic E-state index is -0.0273. The summed E-state index contributed by atoms with van der Waals surface area (Å²) in [5, 5.41) is 9.72. The Morgan fingerprint density at radius 1 is 1.35 bits per heavy atom. The summed E-state index contributed by atoms with van der Waals surface area (Å²) < 4.78 is 0. The van der Waals surface area contributed by atoms with E-state index in [0.717, 1.165) is 21.8 Å². The molecule has 0 spiro atoms. The van der Waals surface area contributed by atoms with Gasteiger partial charge in [-0.05, 0) is 25.1 Å². The Hall–Kier alpha value is -1.75. The van der Waals surface area contributed by atoms with Gasteiger partial charge in [-0.3, -0.25) is 9.89 Å². The fourth-order valence-electron chi connectivity index (χ4n) is 1.79. The molecule has 1 amide bonds. The number of hydrogen-bond acceptors (Lipinski definition) is 3. The van der Waals surface area contributed by atoms with Crippen LogP contribution in [0.5, 0.6) is 0 Å². The lowest BCUT2D eigenvalue weighted by Crippen LogP contribution is -2.26. The minimum absolute atomic E-state index is 0.0273. The first-order valence-corrected chi connectivity index (χ1v) is 6.23. The largest absolute Gasteiger partial charge is 0.324 e. The molecule has 17 heavy (non-hydrogen) atoms. The molecule has 1 aromatic carbocycles. The first kappa shape index (κ1) is 10.4. The molecule has 0 saturated carbocycles. The van der Waals surface area contributed by atoms with E-state index in [1.807, 2.05) is 31.2 Å². The van der Waals surface area contributed by atoms with Gasteiger partial charge in [0.05, 0.1) is 16.6 Å². The maximum atomic E-state index is 11.6. The van der Waals surface area contributed by atoms with Gasteiger partial charge in [-0.25, -0.2) is 0 Å². The molecule has 4 nitrogen and oxygen atoms in total. The first-order valence-electron chi connectivity index (χ1n) is 5.35. The second kappa shape index (κ2) is 3.92. The van der Waals surface area contributed by atoms with E-state index in [1.54, 1.807) is 18.0 Å².